The van der Waals surface area contributed by atoms with Crippen LogP contribution in [0.25, 0.3) is 22.1 Å². The number of fused-ring (bicyclic) bond motifs is 2. The van der Waals surface area contributed by atoms with Gasteiger partial charge in [0.15, 0.2) is 5.65 Å². The number of rotatable bonds is 4. The van der Waals surface area contributed by atoms with Gasteiger partial charge in [-0.1, -0.05) is 25.1 Å². The number of benzene rings is 1. The Morgan fingerprint density at radius 1 is 1.13 bits per heavy atom. The van der Waals surface area contributed by atoms with Gasteiger partial charge in [0.1, 0.15) is 18.2 Å². The molecule has 4 aromatic rings. The van der Waals surface area contributed by atoms with Crippen LogP contribution >= 0.6 is 0 Å². The van der Waals surface area contributed by atoms with Gasteiger partial charge in [0.2, 0.25) is 5.95 Å². The molecule has 3 atom stereocenters. The van der Waals surface area contributed by atoms with Crippen LogP contribution in [0.2, 0.25) is 0 Å². The third-order valence-corrected chi connectivity index (χ3v) is 6.15. The molecular weight excluding hydrogens is 394 g/mol. The monoisotopic (exact) mass is 417 g/mol. The van der Waals surface area contributed by atoms with Crippen LogP contribution in [0.3, 0.4) is 0 Å². The summed E-state index contributed by atoms with van der Waals surface area (Å²) in [5, 5.41) is 26.9. The van der Waals surface area contributed by atoms with Crippen LogP contribution in [0.5, 0.6) is 0 Å². The molecule has 0 radical (unpaired) electrons. The molecule has 0 fully saturated rings. The zero-order chi connectivity index (χ0) is 21.8. The van der Waals surface area contributed by atoms with Crippen molar-refractivity contribution in [2.45, 2.75) is 32.0 Å². The summed E-state index contributed by atoms with van der Waals surface area (Å²) in [6, 6.07) is 9.81. The normalized spacial score (nSPS) is 23.5. The Balaban J connectivity index is 1.44. The Morgan fingerprint density at radius 3 is 2.77 bits per heavy atom. The highest BCUT2D eigenvalue weighted by Gasteiger charge is 2.44. The highest BCUT2D eigenvalue weighted by Crippen LogP contribution is 2.44. The van der Waals surface area contributed by atoms with E-state index in [1.807, 2.05) is 31.2 Å². The molecule has 1 aromatic carbocycles. The second-order valence-corrected chi connectivity index (χ2v) is 8.28. The van der Waals surface area contributed by atoms with E-state index in [0.717, 1.165) is 16.5 Å². The van der Waals surface area contributed by atoms with Gasteiger partial charge in [0.25, 0.3) is 0 Å². The van der Waals surface area contributed by atoms with Crippen LogP contribution in [0, 0.1) is 5.41 Å². The number of anilines is 2. The van der Waals surface area contributed by atoms with Crippen molar-refractivity contribution in [2.75, 3.05) is 11.5 Å². The third-order valence-electron chi connectivity index (χ3n) is 6.15. The molecule has 0 spiro atoms. The Bertz CT molecular complexity index is 1330. The Morgan fingerprint density at radius 2 is 1.94 bits per heavy atom. The largest absolute Gasteiger partial charge is 0.389 e. The van der Waals surface area contributed by atoms with Crippen molar-refractivity contribution in [1.82, 2.24) is 24.6 Å². The molecule has 0 amide bonds. The summed E-state index contributed by atoms with van der Waals surface area (Å²) in [4.78, 5) is 12.6. The number of nitrogens with two attached hydrogens (primary N) is 2. The van der Waals surface area contributed by atoms with Gasteiger partial charge in [-0.05, 0) is 42.2 Å². The van der Waals surface area contributed by atoms with Gasteiger partial charge in [0, 0.05) is 16.4 Å². The number of nitrogens with zero attached hydrogens (tertiary/aromatic N) is 5. The molecule has 9 heteroatoms. The standard InChI is InChI=1S/C22H23N7O2/c1-22(7-6-12-2-3-13-4-5-17(23)28-16(13)8-12)9-14(18(30)19(22)31)15-10-27-29-20(15)25-11-26-21(29)24/h2-5,8-11,18-19,30-31H,6-7H2,1H3,(H2,23,28)(H2,24,25,26)/t18-,19-,22-/m0/s1. The fourth-order valence-electron chi connectivity index (χ4n) is 4.30. The highest BCUT2D eigenvalue weighted by atomic mass is 16.3. The zero-order valence-electron chi connectivity index (χ0n) is 17.0. The van der Waals surface area contributed by atoms with Crippen molar-refractivity contribution < 1.29 is 10.2 Å². The maximum absolute atomic E-state index is 10.9. The lowest BCUT2D eigenvalue weighted by Crippen LogP contribution is -2.35. The second kappa shape index (κ2) is 7.00. The number of aliphatic hydroxyl groups excluding tert-OH is 2. The first kappa shape index (κ1) is 19.4. The van der Waals surface area contributed by atoms with Crippen molar-refractivity contribution in [1.29, 1.82) is 0 Å². The second-order valence-electron chi connectivity index (χ2n) is 8.28. The van der Waals surface area contributed by atoms with E-state index in [9.17, 15) is 10.2 Å². The molecule has 0 bridgehead atoms. The first-order chi connectivity index (χ1) is 14.9. The first-order valence-electron chi connectivity index (χ1n) is 10.0. The van der Waals surface area contributed by atoms with Crippen molar-refractivity contribution in [2.24, 2.45) is 5.41 Å². The number of aryl methyl sites for hydroxylation is 1. The summed E-state index contributed by atoms with van der Waals surface area (Å²) in [6.45, 7) is 1.94. The quantitative estimate of drug-likeness (QED) is 0.391. The number of hydrogen-bond donors (Lipinski definition) is 4. The van der Waals surface area contributed by atoms with Gasteiger partial charge < -0.3 is 21.7 Å². The van der Waals surface area contributed by atoms with Crippen LogP contribution in [0.4, 0.5) is 11.8 Å². The maximum atomic E-state index is 10.9. The lowest BCUT2D eigenvalue weighted by Gasteiger charge is -2.28. The molecular formula is C22H23N7O2. The molecule has 0 saturated carbocycles. The molecule has 158 valence electrons. The van der Waals surface area contributed by atoms with Gasteiger partial charge in [-0.15, -0.1) is 0 Å². The maximum Gasteiger partial charge on any atom is 0.224 e. The van der Waals surface area contributed by atoms with Gasteiger partial charge in [-0.3, -0.25) is 0 Å². The van der Waals surface area contributed by atoms with Gasteiger partial charge in [-0.25, -0.2) is 15.0 Å². The fraction of sp³-hybridized carbons (Fsp3) is 0.273. The summed E-state index contributed by atoms with van der Waals surface area (Å²) in [6.07, 6.45) is 4.22. The van der Waals surface area contributed by atoms with Crippen LogP contribution in [0.15, 0.2) is 48.9 Å². The summed E-state index contributed by atoms with van der Waals surface area (Å²) in [5.41, 5.74) is 14.7. The predicted molar refractivity (Wildman–Crippen MR) is 118 cm³/mol. The lowest BCUT2D eigenvalue weighted by atomic mass is 9.81. The number of nitrogen functional groups attached to an aromatic ring is 2. The SMILES string of the molecule is C[C@]1(CCc2ccc3ccc(N)nc3c2)C=C(c2cnn3c(N)ncnc23)[C@H](O)[C@@H]1O. The van der Waals surface area contributed by atoms with E-state index < -0.39 is 17.6 Å². The van der Waals surface area contributed by atoms with Gasteiger partial charge in [0.05, 0.1) is 17.8 Å². The highest BCUT2D eigenvalue weighted by molar-refractivity contribution is 5.81. The van der Waals surface area contributed by atoms with E-state index in [1.54, 1.807) is 12.3 Å². The molecule has 5 rings (SSSR count). The smallest absolute Gasteiger partial charge is 0.224 e. The molecule has 0 saturated heterocycles. The van der Waals surface area contributed by atoms with Gasteiger partial charge in [-0.2, -0.15) is 9.61 Å². The summed E-state index contributed by atoms with van der Waals surface area (Å²) < 4.78 is 1.42. The average Bonchev–Trinajstić information content (AvgIpc) is 3.28. The number of aliphatic hydroxyl groups is 2. The summed E-state index contributed by atoms with van der Waals surface area (Å²) in [7, 11) is 0. The predicted octanol–water partition coefficient (Wildman–Crippen LogP) is 1.59. The van der Waals surface area contributed by atoms with Crippen LogP contribution in [-0.4, -0.2) is 47.0 Å². The molecule has 1 aliphatic carbocycles. The minimum Gasteiger partial charge on any atom is -0.389 e. The summed E-state index contributed by atoms with van der Waals surface area (Å²) >= 11 is 0. The number of pyridine rings is 1. The Kier molecular flexibility index (Phi) is 4.38. The molecule has 31 heavy (non-hydrogen) atoms. The van der Waals surface area contributed by atoms with Crippen LogP contribution in [0.1, 0.15) is 24.5 Å². The third kappa shape index (κ3) is 3.18. The van der Waals surface area contributed by atoms with E-state index in [1.165, 1.54) is 10.8 Å². The minimum absolute atomic E-state index is 0.207. The van der Waals surface area contributed by atoms with E-state index in [0.29, 0.717) is 35.4 Å². The average molecular weight is 417 g/mol. The first-order valence-corrected chi connectivity index (χ1v) is 10.0. The Hall–Kier alpha value is -3.56. The van der Waals surface area contributed by atoms with Crippen LogP contribution in [-0.2, 0) is 6.42 Å². The van der Waals surface area contributed by atoms with E-state index >= 15 is 0 Å². The van der Waals surface area contributed by atoms with Crippen LogP contribution < -0.4 is 11.5 Å². The van der Waals surface area contributed by atoms with Crippen molar-refractivity contribution in [3.63, 3.8) is 0 Å². The zero-order valence-corrected chi connectivity index (χ0v) is 17.0. The van der Waals surface area contributed by atoms with E-state index in [4.69, 9.17) is 11.5 Å². The molecule has 0 aliphatic heterocycles. The summed E-state index contributed by atoms with van der Waals surface area (Å²) in [5.74, 6) is 0.689. The van der Waals surface area contributed by atoms with Crippen molar-refractivity contribution in [3.05, 3.63) is 60.1 Å². The number of hydrogen-bond acceptors (Lipinski definition) is 8. The van der Waals surface area contributed by atoms with E-state index in [-0.39, 0.29) is 5.95 Å². The molecule has 6 N–H and O–H groups in total. The lowest BCUT2D eigenvalue weighted by molar-refractivity contribution is -0.00244. The van der Waals surface area contributed by atoms with Crippen molar-refractivity contribution in [3.8, 4) is 0 Å². The molecule has 3 aromatic heterocycles. The van der Waals surface area contributed by atoms with Crippen molar-refractivity contribution >= 4 is 33.9 Å². The molecule has 0 unspecified atom stereocenters. The Labute approximate surface area is 178 Å². The molecule has 9 nitrogen and oxygen atoms in total. The molecule has 1 aliphatic rings. The fourth-order valence-corrected chi connectivity index (χ4v) is 4.30. The van der Waals surface area contributed by atoms with E-state index in [2.05, 4.69) is 26.1 Å². The van der Waals surface area contributed by atoms with Gasteiger partial charge >= 0.3 is 0 Å². The minimum atomic E-state index is -1.05. The topological polar surface area (TPSA) is 148 Å². The number of aromatic nitrogens is 5. The molecule has 3 heterocycles.